The van der Waals surface area contributed by atoms with Gasteiger partial charge in [-0.25, -0.2) is 0 Å². The quantitative estimate of drug-likeness (QED) is 0.577. The van der Waals surface area contributed by atoms with Gasteiger partial charge in [0.05, 0.1) is 0 Å². The number of anilines is 1. The molecule has 4 nitrogen and oxygen atoms in total. The van der Waals surface area contributed by atoms with Gasteiger partial charge in [0.15, 0.2) is 5.78 Å². The van der Waals surface area contributed by atoms with Gasteiger partial charge in [-0.15, -0.1) is 0 Å². The molecule has 0 spiro atoms. The lowest BCUT2D eigenvalue weighted by Crippen LogP contribution is -2.22. The molecule has 0 aliphatic carbocycles. The van der Waals surface area contributed by atoms with Gasteiger partial charge in [-0.1, -0.05) is 0 Å². The largest absolute Gasteiger partial charge is 0.398 e. The molecule has 0 unspecified atom stereocenters. The summed E-state index contributed by atoms with van der Waals surface area (Å²) in [5.41, 5.74) is 6.91. The van der Waals surface area contributed by atoms with Crippen molar-refractivity contribution in [1.29, 1.82) is 0 Å². The SMILES string of the molecule is CCNC(=O)c1ccc(C(C)=O)c(N)c1. The summed E-state index contributed by atoms with van der Waals surface area (Å²) in [5.74, 6) is -0.283. The smallest absolute Gasteiger partial charge is 0.251 e. The standard InChI is InChI=1S/C11H14N2O2/c1-3-13-11(15)8-4-5-9(7(2)14)10(12)6-8/h4-6H,3,12H2,1-2H3,(H,13,15). The summed E-state index contributed by atoms with van der Waals surface area (Å²) in [5, 5.41) is 2.66. The van der Waals surface area contributed by atoms with E-state index in [1.807, 2.05) is 6.92 Å². The predicted molar refractivity (Wildman–Crippen MR) is 58.9 cm³/mol. The fraction of sp³-hybridized carbons (Fsp3) is 0.273. The number of carbonyl (C=O) groups excluding carboxylic acids is 2. The number of nitrogen functional groups attached to an aromatic ring is 1. The zero-order valence-electron chi connectivity index (χ0n) is 8.83. The first kappa shape index (κ1) is 11.2. The van der Waals surface area contributed by atoms with Crippen LogP contribution in [0.25, 0.3) is 0 Å². The molecule has 0 saturated heterocycles. The second-order valence-corrected chi connectivity index (χ2v) is 3.22. The molecular weight excluding hydrogens is 192 g/mol. The number of Topliss-reactive ketones (excluding diaryl/α,β-unsaturated/α-hetero) is 1. The molecule has 0 radical (unpaired) electrons. The zero-order chi connectivity index (χ0) is 11.4. The van der Waals surface area contributed by atoms with Crippen molar-refractivity contribution in [1.82, 2.24) is 5.32 Å². The van der Waals surface area contributed by atoms with E-state index >= 15 is 0 Å². The van der Waals surface area contributed by atoms with Crippen LogP contribution in [0.5, 0.6) is 0 Å². The normalized spacial score (nSPS) is 9.73. The first-order chi connectivity index (χ1) is 7.06. The second kappa shape index (κ2) is 4.59. The van der Waals surface area contributed by atoms with Crippen molar-refractivity contribution in [3.05, 3.63) is 29.3 Å². The molecule has 1 amide bonds. The topological polar surface area (TPSA) is 72.2 Å². The molecule has 1 aromatic rings. The number of amides is 1. The molecule has 1 aromatic carbocycles. The summed E-state index contributed by atoms with van der Waals surface area (Å²) < 4.78 is 0. The van der Waals surface area contributed by atoms with Gasteiger partial charge >= 0.3 is 0 Å². The predicted octanol–water partition coefficient (Wildman–Crippen LogP) is 1.22. The van der Waals surface area contributed by atoms with Crippen LogP contribution in [0.4, 0.5) is 5.69 Å². The van der Waals surface area contributed by atoms with Crippen LogP contribution in [0, 0.1) is 0 Å². The molecule has 4 heteroatoms. The average Bonchev–Trinajstić information content (AvgIpc) is 2.17. The number of hydrogen-bond donors (Lipinski definition) is 2. The number of ketones is 1. The van der Waals surface area contributed by atoms with Crippen molar-refractivity contribution >= 4 is 17.4 Å². The number of benzene rings is 1. The lowest BCUT2D eigenvalue weighted by molar-refractivity contribution is 0.0953. The van der Waals surface area contributed by atoms with Crippen molar-refractivity contribution < 1.29 is 9.59 Å². The second-order valence-electron chi connectivity index (χ2n) is 3.22. The third-order valence-corrected chi connectivity index (χ3v) is 2.03. The molecule has 0 heterocycles. The highest BCUT2D eigenvalue weighted by atomic mass is 16.1. The molecule has 0 fully saturated rings. The van der Waals surface area contributed by atoms with Crippen LogP contribution in [0.2, 0.25) is 0 Å². The van der Waals surface area contributed by atoms with Crippen LogP contribution in [0.3, 0.4) is 0 Å². The fourth-order valence-corrected chi connectivity index (χ4v) is 1.29. The minimum Gasteiger partial charge on any atom is -0.398 e. The number of nitrogens with one attached hydrogen (secondary N) is 1. The number of carbonyl (C=O) groups is 2. The summed E-state index contributed by atoms with van der Waals surface area (Å²) in [7, 11) is 0. The Morgan fingerprint density at radius 1 is 1.40 bits per heavy atom. The summed E-state index contributed by atoms with van der Waals surface area (Å²) in [6.07, 6.45) is 0. The lowest BCUT2D eigenvalue weighted by atomic mass is 10.1. The third kappa shape index (κ3) is 2.56. The Morgan fingerprint density at radius 2 is 2.07 bits per heavy atom. The van der Waals surface area contributed by atoms with Crippen molar-refractivity contribution in [2.75, 3.05) is 12.3 Å². The van der Waals surface area contributed by atoms with Gasteiger partial charge < -0.3 is 11.1 Å². The first-order valence-electron chi connectivity index (χ1n) is 4.75. The summed E-state index contributed by atoms with van der Waals surface area (Å²) >= 11 is 0. The van der Waals surface area contributed by atoms with E-state index in [4.69, 9.17) is 5.73 Å². The van der Waals surface area contributed by atoms with Crippen molar-refractivity contribution in [3.63, 3.8) is 0 Å². The molecule has 0 aliphatic rings. The summed E-state index contributed by atoms with van der Waals surface area (Å²) in [4.78, 5) is 22.5. The average molecular weight is 206 g/mol. The maximum Gasteiger partial charge on any atom is 0.251 e. The highest BCUT2D eigenvalue weighted by Crippen LogP contribution is 2.14. The highest BCUT2D eigenvalue weighted by Gasteiger charge is 2.09. The third-order valence-electron chi connectivity index (χ3n) is 2.03. The fourth-order valence-electron chi connectivity index (χ4n) is 1.29. The minimum atomic E-state index is -0.181. The van der Waals surface area contributed by atoms with Crippen molar-refractivity contribution in [2.24, 2.45) is 0 Å². The molecule has 80 valence electrons. The van der Waals surface area contributed by atoms with E-state index in [0.29, 0.717) is 23.4 Å². The maximum atomic E-state index is 11.4. The van der Waals surface area contributed by atoms with Crippen LogP contribution >= 0.6 is 0 Å². The maximum absolute atomic E-state index is 11.4. The Morgan fingerprint density at radius 3 is 2.53 bits per heavy atom. The van der Waals surface area contributed by atoms with Crippen LogP contribution < -0.4 is 11.1 Å². The molecule has 0 bridgehead atoms. The number of hydrogen-bond acceptors (Lipinski definition) is 3. The van der Waals surface area contributed by atoms with E-state index in [2.05, 4.69) is 5.32 Å². The summed E-state index contributed by atoms with van der Waals surface area (Å²) in [6.45, 7) is 3.84. The van der Waals surface area contributed by atoms with Crippen molar-refractivity contribution in [3.8, 4) is 0 Å². The molecule has 0 aromatic heterocycles. The highest BCUT2D eigenvalue weighted by molar-refractivity contribution is 6.02. The van der Waals surface area contributed by atoms with E-state index in [9.17, 15) is 9.59 Å². The Balaban J connectivity index is 3.01. The van der Waals surface area contributed by atoms with Gasteiger partial charge in [-0.05, 0) is 32.0 Å². The molecule has 0 atom stereocenters. The molecule has 0 saturated carbocycles. The molecule has 1 rings (SSSR count). The van der Waals surface area contributed by atoms with Gasteiger partial charge in [-0.3, -0.25) is 9.59 Å². The van der Waals surface area contributed by atoms with Gasteiger partial charge in [0.1, 0.15) is 0 Å². The van der Waals surface area contributed by atoms with E-state index in [1.54, 1.807) is 12.1 Å². The van der Waals surface area contributed by atoms with E-state index in [-0.39, 0.29) is 11.7 Å². The van der Waals surface area contributed by atoms with Gasteiger partial charge in [0.2, 0.25) is 0 Å². The number of rotatable bonds is 3. The Labute approximate surface area is 88.5 Å². The van der Waals surface area contributed by atoms with Gasteiger partial charge in [0, 0.05) is 23.4 Å². The van der Waals surface area contributed by atoms with E-state index in [1.165, 1.54) is 13.0 Å². The Hall–Kier alpha value is -1.84. The Kier molecular flexibility index (Phi) is 3.44. The van der Waals surface area contributed by atoms with Crippen LogP contribution in [0.1, 0.15) is 34.6 Å². The van der Waals surface area contributed by atoms with Gasteiger partial charge in [0.25, 0.3) is 5.91 Å². The van der Waals surface area contributed by atoms with Crippen LogP contribution in [-0.4, -0.2) is 18.2 Å². The Bertz CT molecular complexity index is 400. The summed E-state index contributed by atoms with van der Waals surface area (Å²) in [6, 6.07) is 4.68. The minimum absolute atomic E-state index is 0.102. The monoisotopic (exact) mass is 206 g/mol. The van der Waals surface area contributed by atoms with Crippen LogP contribution in [-0.2, 0) is 0 Å². The molecule has 0 aliphatic heterocycles. The van der Waals surface area contributed by atoms with Crippen LogP contribution in [0.15, 0.2) is 18.2 Å². The van der Waals surface area contributed by atoms with Gasteiger partial charge in [-0.2, -0.15) is 0 Å². The number of nitrogens with two attached hydrogens (primary N) is 1. The van der Waals surface area contributed by atoms with E-state index in [0.717, 1.165) is 0 Å². The van der Waals surface area contributed by atoms with Crippen molar-refractivity contribution in [2.45, 2.75) is 13.8 Å². The molecule has 15 heavy (non-hydrogen) atoms. The molecular formula is C11H14N2O2. The zero-order valence-corrected chi connectivity index (χ0v) is 8.83. The molecule has 3 N–H and O–H groups in total. The van der Waals surface area contributed by atoms with E-state index < -0.39 is 0 Å². The lowest BCUT2D eigenvalue weighted by Gasteiger charge is -2.05. The first-order valence-corrected chi connectivity index (χ1v) is 4.75.